The van der Waals surface area contributed by atoms with Crippen LogP contribution in [0.4, 0.5) is 17.8 Å². The Morgan fingerprint density at radius 1 is 0.615 bits per heavy atom. The van der Waals surface area contributed by atoms with Crippen LogP contribution in [0.25, 0.3) is 0 Å². The zero-order valence-corrected chi connectivity index (χ0v) is 23.4. The molecule has 1 aromatic heterocycles. The molecule has 8 heteroatoms. The summed E-state index contributed by atoms with van der Waals surface area (Å²) in [4.78, 5) is 17.4. The van der Waals surface area contributed by atoms with E-state index in [-0.39, 0.29) is 0 Å². The molecule has 208 valence electrons. The van der Waals surface area contributed by atoms with E-state index in [9.17, 15) is 0 Å². The van der Waals surface area contributed by atoms with Crippen molar-refractivity contribution in [3.63, 3.8) is 0 Å². The molecule has 0 bridgehead atoms. The molecule has 0 amide bonds. The highest BCUT2D eigenvalue weighted by Gasteiger charge is 2.31. The van der Waals surface area contributed by atoms with Crippen LogP contribution in [0.2, 0.25) is 0 Å². The van der Waals surface area contributed by atoms with Crippen molar-refractivity contribution in [3.8, 4) is 11.5 Å². The summed E-state index contributed by atoms with van der Waals surface area (Å²) >= 11 is 0. The molecule has 2 aromatic carbocycles. The number of nitrogens with one attached hydrogen (secondary N) is 2. The maximum Gasteiger partial charge on any atom is 0.232 e. The van der Waals surface area contributed by atoms with Crippen molar-refractivity contribution in [1.82, 2.24) is 15.0 Å². The number of hydrogen-bond donors (Lipinski definition) is 2. The second kappa shape index (κ2) is 13.5. The number of nitrogens with zero attached hydrogens (tertiary/aromatic N) is 4. The second-order valence-electron chi connectivity index (χ2n) is 10.7. The Hall–Kier alpha value is -3.55. The van der Waals surface area contributed by atoms with Crippen LogP contribution in [0.1, 0.15) is 75.3 Å². The van der Waals surface area contributed by atoms with Gasteiger partial charge in [0.2, 0.25) is 17.8 Å². The normalized spacial score (nSPS) is 16.5. The monoisotopic (exact) mass is 530 g/mol. The van der Waals surface area contributed by atoms with E-state index in [1.165, 1.54) is 64.2 Å². The molecular weight excluding hydrogens is 488 g/mol. The van der Waals surface area contributed by atoms with Gasteiger partial charge in [-0.2, -0.15) is 15.0 Å². The van der Waals surface area contributed by atoms with Crippen LogP contribution in [0.15, 0.2) is 48.5 Å². The Labute approximate surface area is 232 Å². The van der Waals surface area contributed by atoms with Gasteiger partial charge < -0.3 is 25.0 Å². The summed E-state index contributed by atoms with van der Waals surface area (Å²) in [6.45, 7) is 1.25. The summed E-state index contributed by atoms with van der Waals surface area (Å²) in [7, 11) is 3.37. The Balaban J connectivity index is 1.41. The van der Waals surface area contributed by atoms with Gasteiger partial charge in [0.25, 0.3) is 0 Å². The number of rotatable bonds is 11. The molecule has 0 saturated heterocycles. The lowest BCUT2D eigenvalue weighted by Crippen LogP contribution is -2.46. The highest BCUT2D eigenvalue weighted by molar-refractivity contribution is 5.46. The molecule has 0 radical (unpaired) electrons. The van der Waals surface area contributed by atoms with Gasteiger partial charge in [0.15, 0.2) is 0 Å². The lowest BCUT2D eigenvalue weighted by atomic mass is 9.89. The third-order valence-corrected chi connectivity index (χ3v) is 8.01. The fraction of sp³-hybridized carbons (Fsp3) is 0.516. The summed E-state index contributed by atoms with van der Waals surface area (Å²) in [6, 6.07) is 17.1. The van der Waals surface area contributed by atoms with E-state index in [1.54, 1.807) is 14.2 Å². The fourth-order valence-corrected chi connectivity index (χ4v) is 5.83. The van der Waals surface area contributed by atoms with Crippen molar-refractivity contribution in [3.05, 3.63) is 59.7 Å². The zero-order chi connectivity index (χ0) is 26.9. The molecule has 39 heavy (non-hydrogen) atoms. The molecule has 2 fully saturated rings. The SMILES string of the molecule is COc1ccc(CNc2nc(NCc3ccc(OC)cc3)nc(N(C3CCCCC3)C3CCCCC3)n2)cc1. The number of benzene rings is 2. The highest BCUT2D eigenvalue weighted by atomic mass is 16.5. The molecule has 3 aromatic rings. The lowest BCUT2D eigenvalue weighted by molar-refractivity contribution is 0.335. The predicted octanol–water partition coefficient (Wildman–Crippen LogP) is 6.58. The van der Waals surface area contributed by atoms with Crippen LogP contribution in [0.3, 0.4) is 0 Å². The summed E-state index contributed by atoms with van der Waals surface area (Å²) in [5.41, 5.74) is 2.28. The van der Waals surface area contributed by atoms with E-state index in [2.05, 4.69) is 39.8 Å². The molecular formula is C31H42N6O2. The Kier molecular flexibility index (Phi) is 9.35. The highest BCUT2D eigenvalue weighted by Crippen LogP contribution is 2.33. The molecule has 0 spiro atoms. The van der Waals surface area contributed by atoms with E-state index >= 15 is 0 Å². The van der Waals surface area contributed by atoms with Crippen molar-refractivity contribution in [2.24, 2.45) is 0 Å². The van der Waals surface area contributed by atoms with Crippen LogP contribution in [-0.2, 0) is 13.1 Å². The molecule has 2 aliphatic carbocycles. The van der Waals surface area contributed by atoms with Crippen LogP contribution < -0.4 is 25.0 Å². The van der Waals surface area contributed by atoms with E-state index < -0.39 is 0 Å². The predicted molar refractivity (Wildman–Crippen MR) is 157 cm³/mol. The van der Waals surface area contributed by atoms with E-state index in [1.807, 2.05) is 24.3 Å². The zero-order valence-electron chi connectivity index (χ0n) is 23.4. The summed E-state index contributed by atoms with van der Waals surface area (Å²) in [5.74, 6) is 3.70. The first-order chi connectivity index (χ1) is 19.2. The third-order valence-electron chi connectivity index (χ3n) is 8.01. The third kappa shape index (κ3) is 7.31. The number of hydrogen-bond acceptors (Lipinski definition) is 8. The molecule has 0 unspecified atom stereocenters. The van der Waals surface area contributed by atoms with E-state index in [4.69, 9.17) is 24.4 Å². The van der Waals surface area contributed by atoms with Gasteiger partial charge in [-0.3, -0.25) is 0 Å². The van der Waals surface area contributed by atoms with Gasteiger partial charge in [-0.15, -0.1) is 0 Å². The summed E-state index contributed by atoms with van der Waals surface area (Å²) in [6.07, 6.45) is 12.6. The van der Waals surface area contributed by atoms with Gasteiger partial charge in [0.05, 0.1) is 14.2 Å². The molecule has 8 nitrogen and oxygen atoms in total. The number of aromatic nitrogens is 3. The van der Waals surface area contributed by atoms with Crippen molar-refractivity contribution < 1.29 is 9.47 Å². The first-order valence-electron chi connectivity index (χ1n) is 14.5. The minimum absolute atomic E-state index is 0.494. The summed E-state index contributed by atoms with van der Waals surface area (Å²) in [5, 5.41) is 6.93. The van der Waals surface area contributed by atoms with Crippen LogP contribution in [0.5, 0.6) is 11.5 Å². The molecule has 2 aliphatic rings. The van der Waals surface area contributed by atoms with Crippen molar-refractivity contribution in [2.45, 2.75) is 89.4 Å². The smallest absolute Gasteiger partial charge is 0.232 e. The fourth-order valence-electron chi connectivity index (χ4n) is 5.83. The molecule has 2 N–H and O–H groups in total. The van der Waals surface area contributed by atoms with Gasteiger partial charge in [0, 0.05) is 25.2 Å². The van der Waals surface area contributed by atoms with Gasteiger partial charge in [-0.25, -0.2) is 0 Å². The maximum absolute atomic E-state index is 5.31. The van der Waals surface area contributed by atoms with E-state index in [0.717, 1.165) is 28.6 Å². The van der Waals surface area contributed by atoms with Gasteiger partial charge >= 0.3 is 0 Å². The van der Waals surface area contributed by atoms with Crippen molar-refractivity contribution in [1.29, 1.82) is 0 Å². The van der Waals surface area contributed by atoms with E-state index in [0.29, 0.717) is 37.1 Å². The maximum atomic E-state index is 5.31. The number of anilines is 3. The largest absolute Gasteiger partial charge is 0.497 e. The van der Waals surface area contributed by atoms with Crippen LogP contribution in [0, 0.1) is 0 Å². The topological polar surface area (TPSA) is 84.4 Å². The molecule has 2 saturated carbocycles. The Bertz CT molecular complexity index is 1070. The second-order valence-corrected chi connectivity index (χ2v) is 10.7. The summed E-state index contributed by atoms with van der Waals surface area (Å²) < 4.78 is 10.6. The average molecular weight is 531 g/mol. The number of ether oxygens (including phenoxy) is 2. The van der Waals surface area contributed by atoms with Crippen LogP contribution >= 0.6 is 0 Å². The van der Waals surface area contributed by atoms with Crippen molar-refractivity contribution >= 4 is 17.8 Å². The Morgan fingerprint density at radius 2 is 1.03 bits per heavy atom. The standard InChI is InChI=1S/C31H42N6O2/c1-38-27-17-13-23(14-18-27)21-32-29-34-30(33-22-24-15-19-28(39-2)20-16-24)36-31(35-29)37(25-9-5-3-6-10-25)26-11-7-4-8-12-26/h13-20,25-26H,3-12,21-22H2,1-2H3,(H2,32,33,34,35,36). The molecule has 0 aliphatic heterocycles. The Morgan fingerprint density at radius 3 is 1.41 bits per heavy atom. The molecule has 1 heterocycles. The van der Waals surface area contributed by atoms with Crippen LogP contribution in [-0.4, -0.2) is 41.3 Å². The average Bonchev–Trinajstić information content (AvgIpc) is 3.01. The first kappa shape index (κ1) is 27.0. The van der Waals surface area contributed by atoms with Crippen molar-refractivity contribution in [2.75, 3.05) is 29.8 Å². The minimum atomic E-state index is 0.494. The first-order valence-corrected chi connectivity index (χ1v) is 14.5. The number of methoxy groups -OCH3 is 2. The molecule has 0 atom stereocenters. The van der Waals surface area contributed by atoms with Gasteiger partial charge in [-0.05, 0) is 61.1 Å². The van der Waals surface area contributed by atoms with Gasteiger partial charge in [-0.1, -0.05) is 62.8 Å². The quantitative estimate of drug-likeness (QED) is 0.287. The van der Waals surface area contributed by atoms with Gasteiger partial charge in [0.1, 0.15) is 11.5 Å². The minimum Gasteiger partial charge on any atom is -0.497 e. The lowest BCUT2D eigenvalue weighted by Gasteiger charge is -2.41. The molecule has 5 rings (SSSR count).